The summed E-state index contributed by atoms with van der Waals surface area (Å²) in [6.45, 7) is 5.53. The van der Waals surface area contributed by atoms with Gasteiger partial charge >= 0.3 is 10.2 Å². The summed E-state index contributed by atoms with van der Waals surface area (Å²) in [6, 6.07) is 8.21. The van der Waals surface area contributed by atoms with Crippen LogP contribution in [0.5, 0.6) is 0 Å². The Hall–Kier alpha value is -3.10. The van der Waals surface area contributed by atoms with Crippen LogP contribution < -0.4 is 11.5 Å². The maximum absolute atomic E-state index is 12.0. The molecule has 0 aromatic heterocycles. The van der Waals surface area contributed by atoms with Crippen molar-refractivity contribution in [2.24, 2.45) is 11.5 Å². The first-order valence-electron chi connectivity index (χ1n) is 8.07. The zero-order chi connectivity index (χ0) is 26.0. The van der Waals surface area contributed by atoms with Gasteiger partial charge in [-0.25, -0.2) is 0 Å². The van der Waals surface area contributed by atoms with Crippen LogP contribution in [0.3, 0.4) is 0 Å². The van der Waals surface area contributed by atoms with Crippen molar-refractivity contribution in [2.75, 3.05) is 13.1 Å². The number of carboxylic acid groups (broad SMARTS) is 4. The van der Waals surface area contributed by atoms with Crippen molar-refractivity contribution in [1.29, 1.82) is 0 Å². The van der Waals surface area contributed by atoms with Gasteiger partial charge in [-0.1, -0.05) is 30.3 Å². The third kappa shape index (κ3) is 140. The van der Waals surface area contributed by atoms with Crippen molar-refractivity contribution in [2.45, 2.75) is 33.4 Å². The number of halogens is 1. The minimum Gasteiger partial charge on any atom is -0.481 e. The van der Waals surface area contributed by atoms with Crippen LogP contribution in [-0.4, -0.2) is 65.8 Å². The summed E-state index contributed by atoms with van der Waals surface area (Å²) >= 11 is 0. The second kappa shape index (κ2) is 26.9. The van der Waals surface area contributed by atoms with E-state index in [9.17, 15) is 12.3 Å². The number of nitrogens with two attached hydrogens (primary N) is 2. The smallest absolute Gasteiger partial charge is 0.306 e. The average Bonchev–Trinajstić information content (AvgIpc) is 2.52. The van der Waals surface area contributed by atoms with E-state index in [1.807, 2.05) is 0 Å². The van der Waals surface area contributed by atoms with Crippen LogP contribution in [-0.2, 0) is 35.2 Å². The van der Waals surface area contributed by atoms with Gasteiger partial charge in [0.2, 0.25) is 0 Å². The minimum absolute atomic E-state index is 0.468. The van der Waals surface area contributed by atoms with Crippen molar-refractivity contribution in [1.82, 2.24) is 0 Å². The SMILES string of the molecule is CC(=O)O.CC(=O)O.CC(=O)O.CC(=O)O.NCCN.O=S(=O)(F)Cc1ccccc1. The standard InChI is InChI=1S/C7H7FO2S.C2H8N2.4C2H4O2/c8-11(9,10)6-7-4-2-1-3-5-7;3-1-2-4;4*1-2(3)4/h1-5H,6H2;1-4H2;4*1H3,(H,3,4). The quantitative estimate of drug-likeness (QED) is 0.333. The lowest BCUT2D eigenvalue weighted by atomic mass is 10.2. The molecule has 14 heteroatoms. The van der Waals surface area contributed by atoms with Crippen LogP contribution in [0.4, 0.5) is 3.89 Å². The topological polar surface area (TPSA) is 235 Å². The third-order valence-corrected chi connectivity index (χ3v) is 2.03. The van der Waals surface area contributed by atoms with Crippen LogP contribution in [0.25, 0.3) is 0 Å². The van der Waals surface area contributed by atoms with Gasteiger partial charge in [-0.05, 0) is 5.56 Å². The van der Waals surface area contributed by atoms with Crippen molar-refractivity contribution in [3.8, 4) is 0 Å². The molecule has 1 aromatic rings. The minimum atomic E-state index is -4.38. The molecule has 0 fully saturated rings. The Morgan fingerprint density at radius 2 is 0.968 bits per heavy atom. The van der Waals surface area contributed by atoms with E-state index in [2.05, 4.69) is 0 Å². The van der Waals surface area contributed by atoms with E-state index in [0.29, 0.717) is 18.7 Å². The summed E-state index contributed by atoms with van der Waals surface area (Å²) in [5.41, 5.74) is 10.3. The number of benzene rings is 1. The van der Waals surface area contributed by atoms with Crippen molar-refractivity contribution >= 4 is 34.1 Å². The maximum Gasteiger partial charge on any atom is 0.306 e. The molecule has 0 unspecified atom stereocenters. The van der Waals surface area contributed by atoms with Crippen LogP contribution in [0.1, 0.15) is 33.3 Å². The average molecular weight is 475 g/mol. The molecule has 1 rings (SSSR count). The number of hydrogen-bond acceptors (Lipinski definition) is 8. The molecule has 1 aromatic carbocycles. The van der Waals surface area contributed by atoms with E-state index in [1.165, 1.54) is 0 Å². The number of hydrogen-bond donors (Lipinski definition) is 6. The summed E-state index contributed by atoms with van der Waals surface area (Å²) in [6.07, 6.45) is 0. The monoisotopic (exact) mass is 474 g/mol. The normalized spacial score (nSPS) is 8.23. The van der Waals surface area contributed by atoms with Gasteiger partial charge in [0.25, 0.3) is 23.9 Å². The highest BCUT2D eigenvalue weighted by molar-refractivity contribution is 7.85. The summed E-state index contributed by atoms with van der Waals surface area (Å²) in [4.78, 5) is 36.0. The maximum atomic E-state index is 12.0. The van der Waals surface area contributed by atoms with Gasteiger partial charge in [0.05, 0.1) is 0 Å². The third-order valence-electron chi connectivity index (χ3n) is 1.35. The second-order valence-electron chi connectivity index (χ2n) is 4.82. The molecule has 0 amide bonds. The van der Waals surface area contributed by atoms with Gasteiger partial charge in [-0.2, -0.15) is 8.42 Å². The predicted octanol–water partition coefficient (Wildman–Crippen LogP) is 0.753. The summed E-state index contributed by atoms with van der Waals surface area (Å²) in [5.74, 6) is -3.87. The number of carbonyl (C=O) groups is 4. The Balaban J connectivity index is -0.0000000958. The molecule has 8 N–H and O–H groups in total. The first-order chi connectivity index (χ1) is 13.9. The molecular formula is C17H31FN2O10S. The molecule has 0 aliphatic carbocycles. The lowest BCUT2D eigenvalue weighted by Crippen LogP contribution is -2.11. The molecule has 0 bridgehead atoms. The fourth-order valence-corrected chi connectivity index (χ4v) is 1.36. The van der Waals surface area contributed by atoms with Crippen LogP contribution >= 0.6 is 0 Å². The zero-order valence-corrected chi connectivity index (χ0v) is 18.5. The van der Waals surface area contributed by atoms with Gasteiger partial charge in [-0.15, -0.1) is 3.89 Å². The van der Waals surface area contributed by atoms with E-state index in [1.54, 1.807) is 30.3 Å². The number of carboxylic acids is 4. The highest BCUT2D eigenvalue weighted by Gasteiger charge is 2.06. The fourth-order valence-electron chi connectivity index (χ4n) is 0.773. The Morgan fingerprint density at radius 1 is 0.742 bits per heavy atom. The molecule has 0 aliphatic rings. The highest BCUT2D eigenvalue weighted by atomic mass is 32.3. The Bertz CT molecular complexity index is 632. The highest BCUT2D eigenvalue weighted by Crippen LogP contribution is 2.05. The van der Waals surface area contributed by atoms with E-state index in [-0.39, 0.29) is 0 Å². The van der Waals surface area contributed by atoms with Gasteiger partial charge in [0.1, 0.15) is 5.75 Å². The molecule has 0 heterocycles. The van der Waals surface area contributed by atoms with Crippen molar-refractivity contribution < 1.29 is 51.9 Å². The lowest BCUT2D eigenvalue weighted by Gasteiger charge is -1.93. The molecule has 12 nitrogen and oxygen atoms in total. The predicted molar refractivity (Wildman–Crippen MR) is 112 cm³/mol. The van der Waals surface area contributed by atoms with E-state index in [0.717, 1.165) is 27.7 Å². The molecule has 0 saturated heterocycles. The molecule has 182 valence electrons. The summed E-state index contributed by atoms with van der Waals surface area (Å²) in [5, 5.41) is 29.7. The van der Waals surface area contributed by atoms with Gasteiger partial charge in [-0.3, -0.25) is 19.2 Å². The van der Waals surface area contributed by atoms with Crippen molar-refractivity contribution in [3.05, 3.63) is 35.9 Å². The van der Waals surface area contributed by atoms with Gasteiger partial charge < -0.3 is 31.9 Å². The van der Waals surface area contributed by atoms with Gasteiger partial charge in [0, 0.05) is 40.8 Å². The Labute approximate surface area is 180 Å². The molecule has 0 aliphatic heterocycles. The number of aliphatic carboxylic acids is 4. The molecule has 0 atom stereocenters. The van der Waals surface area contributed by atoms with Crippen LogP contribution in [0.2, 0.25) is 0 Å². The zero-order valence-electron chi connectivity index (χ0n) is 17.7. The van der Waals surface area contributed by atoms with Crippen LogP contribution in [0.15, 0.2) is 30.3 Å². The Morgan fingerprint density at radius 3 is 1.13 bits per heavy atom. The largest absolute Gasteiger partial charge is 0.481 e. The molecule has 0 spiro atoms. The van der Waals surface area contributed by atoms with Crippen molar-refractivity contribution in [3.63, 3.8) is 0 Å². The summed E-state index contributed by atoms with van der Waals surface area (Å²) < 4.78 is 32.3. The summed E-state index contributed by atoms with van der Waals surface area (Å²) in [7, 11) is -4.38. The molecule has 0 saturated carbocycles. The van der Waals surface area contributed by atoms with E-state index >= 15 is 0 Å². The van der Waals surface area contributed by atoms with Crippen LogP contribution in [0, 0.1) is 0 Å². The Kier molecular flexibility index (Phi) is 33.4. The number of rotatable bonds is 3. The first-order valence-corrected chi connectivity index (χ1v) is 9.62. The first kappa shape index (κ1) is 38.5. The molecule has 0 radical (unpaired) electrons. The van der Waals surface area contributed by atoms with E-state index < -0.39 is 39.9 Å². The fraction of sp³-hybridized carbons (Fsp3) is 0.412. The van der Waals surface area contributed by atoms with E-state index in [4.69, 9.17) is 51.1 Å². The second-order valence-corrected chi connectivity index (χ2v) is 6.19. The molecular weight excluding hydrogens is 443 g/mol. The lowest BCUT2D eigenvalue weighted by molar-refractivity contribution is -0.135. The molecule has 31 heavy (non-hydrogen) atoms. The van der Waals surface area contributed by atoms with Gasteiger partial charge in [0.15, 0.2) is 0 Å².